The van der Waals surface area contributed by atoms with Crippen molar-refractivity contribution in [2.45, 2.75) is 33.7 Å². The van der Waals surface area contributed by atoms with Crippen molar-refractivity contribution in [2.24, 2.45) is 5.41 Å². The minimum atomic E-state index is -0.290. The summed E-state index contributed by atoms with van der Waals surface area (Å²) in [6, 6.07) is 10.3. The molecular formula is C23H24FN3O. The Morgan fingerprint density at radius 2 is 1.71 bits per heavy atom. The average Bonchev–Trinajstić information content (AvgIpc) is 2.97. The fourth-order valence-corrected chi connectivity index (χ4v) is 3.91. The molecule has 1 N–H and O–H groups in total. The molecule has 0 saturated carbocycles. The first-order valence-corrected chi connectivity index (χ1v) is 9.55. The molecule has 0 bridgehead atoms. The van der Waals surface area contributed by atoms with Gasteiger partial charge < -0.3 is 9.88 Å². The standard InChI is InChI=1S/C23H24FN3O/c1-23(2,3)14-27-18-10-13-26-22(28)20(18)19(15-4-6-17(24)7-5-15)21(27)16-8-11-25-12-9-16/h4-9,11-12H,10,13-14H2,1-3H3,(H,26,28). The van der Waals surface area contributed by atoms with E-state index in [0.717, 1.165) is 41.0 Å². The number of nitrogens with zero attached hydrogens (tertiary/aromatic N) is 2. The third kappa shape index (κ3) is 3.33. The van der Waals surface area contributed by atoms with Gasteiger partial charge in [0, 0.05) is 48.7 Å². The summed E-state index contributed by atoms with van der Waals surface area (Å²) in [5, 5.41) is 2.98. The molecule has 144 valence electrons. The maximum absolute atomic E-state index is 13.6. The van der Waals surface area contributed by atoms with Crippen LogP contribution in [-0.4, -0.2) is 22.0 Å². The molecule has 1 aliphatic heterocycles. The number of halogens is 1. The minimum absolute atomic E-state index is 0.0303. The van der Waals surface area contributed by atoms with Crippen molar-refractivity contribution in [3.63, 3.8) is 0 Å². The second kappa shape index (κ2) is 6.89. The van der Waals surface area contributed by atoms with Gasteiger partial charge in [-0.2, -0.15) is 0 Å². The van der Waals surface area contributed by atoms with E-state index in [4.69, 9.17) is 0 Å². The molecule has 28 heavy (non-hydrogen) atoms. The highest BCUT2D eigenvalue weighted by atomic mass is 19.1. The van der Waals surface area contributed by atoms with Crippen LogP contribution in [0.5, 0.6) is 0 Å². The lowest BCUT2D eigenvalue weighted by Gasteiger charge is -2.25. The molecule has 0 saturated heterocycles. The molecule has 3 aromatic rings. The van der Waals surface area contributed by atoms with E-state index in [1.807, 2.05) is 12.1 Å². The van der Waals surface area contributed by atoms with E-state index < -0.39 is 0 Å². The topological polar surface area (TPSA) is 46.9 Å². The van der Waals surface area contributed by atoms with Gasteiger partial charge in [0.25, 0.3) is 5.91 Å². The lowest BCUT2D eigenvalue weighted by molar-refractivity contribution is 0.0945. The predicted molar refractivity (Wildman–Crippen MR) is 109 cm³/mol. The van der Waals surface area contributed by atoms with Crippen molar-refractivity contribution >= 4 is 5.91 Å². The van der Waals surface area contributed by atoms with E-state index in [9.17, 15) is 9.18 Å². The second-order valence-corrected chi connectivity index (χ2v) is 8.44. The van der Waals surface area contributed by atoms with Gasteiger partial charge in [0.15, 0.2) is 0 Å². The van der Waals surface area contributed by atoms with Gasteiger partial charge in [-0.25, -0.2) is 4.39 Å². The van der Waals surface area contributed by atoms with Crippen LogP contribution in [0.4, 0.5) is 4.39 Å². The summed E-state index contributed by atoms with van der Waals surface area (Å²) in [6.45, 7) is 7.97. The normalized spacial score (nSPS) is 13.9. The van der Waals surface area contributed by atoms with Crippen LogP contribution in [0.15, 0.2) is 48.8 Å². The number of hydrogen-bond donors (Lipinski definition) is 1. The number of benzene rings is 1. The summed E-state index contributed by atoms with van der Waals surface area (Å²) in [5.74, 6) is -0.356. The van der Waals surface area contributed by atoms with E-state index in [1.54, 1.807) is 24.5 Å². The molecule has 0 atom stereocenters. The first-order valence-electron chi connectivity index (χ1n) is 9.55. The number of carbonyl (C=O) groups excluding carboxylic acids is 1. The Kier molecular flexibility index (Phi) is 4.53. The van der Waals surface area contributed by atoms with Crippen molar-refractivity contribution in [3.8, 4) is 22.4 Å². The molecule has 0 radical (unpaired) electrons. The van der Waals surface area contributed by atoms with Gasteiger partial charge >= 0.3 is 0 Å². The van der Waals surface area contributed by atoms with Crippen molar-refractivity contribution in [1.29, 1.82) is 0 Å². The number of aromatic nitrogens is 2. The van der Waals surface area contributed by atoms with Crippen molar-refractivity contribution in [2.75, 3.05) is 6.54 Å². The number of carbonyl (C=O) groups is 1. The zero-order valence-corrected chi connectivity index (χ0v) is 16.4. The quantitative estimate of drug-likeness (QED) is 0.720. The fraction of sp³-hybridized carbons (Fsp3) is 0.304. The average molecular weight is 377 g/mol. The number of pyridine rings is 1. The van der Waals surface area contributed by atoms with E-state index in [-0.39, 0.29) is 17.1 Å². The second-order valence-electron chi connectivity index (χ2n) is 8.44. The molecule has 4 nitrogen and oxygen atoms in total. The molecule has 0 fully saturated rings. The van der Waals surface area contributed by atoms with Crippen LogP contribution in [-0.2, 0) is 13.0 Å². The zero-order chi connectivity index (χ0) is 19.9. The fourth-order valence-electron chi connectivity index (χ4n) is 3.91. The number of amides is 1. The van der Waals surface area contributed by atoms with Crippen LogP contribution < -0.4 is 5.32 Å². The summed E-state index contributed by atoms with van der Waals surface area (Å²) < 4.78 is 15.9. The Labute approximate surface area is 164 Å². The molecule has 1 aliphatic rings. The SMILES string of the molecule is CC(C)(C)Cn1c2c(c(-c3ccc(F)cc3)c1-c1ccncc1)C(=O)NCC2. The predicted octanol–water partition coefficient (Wildman–Crippen LogP) is 4.69. The van der Waals surface area contributed by atoms with Crippen LogP contribution in [0, 0.1) is 11.2 Å². The number of rotatable bonds is 3. The smallest absolute Gasteiger partial charge is 0.253 e. The summed E-state index contributed by atoms with van der Waals surface area (Å²) in [7, 11) is 0. The lowest BCUT2D eigenvalue weighted by atomic mass is 9.95. The zero-order valence-electron chi connectivity index (χ0n) is 16.4. The molecule has 4 rings (SSSR count). The highest BCUT2D eigenvalue weighted by Crippen LogP contribution is 2.41. The summed E-state index contributed by atoms with van der Waals surface area (Å²) in [5.41, 5.74) is 5.48. The Morgan fingerprint density at radius 3 is 2.36 bits per heavy atom. The maximum atomic E-state index is 13.6. The van der Waals surface area contributed by atoms with Gasteiger partial charge in [-0.05, 0) is 35.2 Å². The number of fused-ring (bicyclic) bond motifs is 1. The summed E-state index contributed by atoms with van der Waals surface area (Å²) in [6.07, 6.45) is 4.30. The lowest BCUT2D eigenvalue weighted by Crippen LogP contribution is -2.33. The Morgan fingerprint density at radius 1 is 1.04 bits per heavy atom. The molecule has 2 aromatic heterocycles. The summed E-state index contributed by atoms with van der Waals surface area (Å²) in [4.78, 5) is 17.0. The maximum Gasteiger partial charge on any atom is 0.253 e. The molecular weight excluding hydrogens is 353 g/mol. The third-order valence-corrected chi connectivity index (χ3v) is 4.96. The molecule has 3 heterocycles. The highest BCUT2D eigenvalue weighted by Gasteiger charge is 2.32. The molecule has 0 spiro atoms. The number of nitrogens with one attached hydrogen (secondary N) is 1. The first kappa shape index (κ1) is 18.4. The largest absolute Gasteiger partial charge is 0.352 e. The van der Waals surface area contributed by atoms with Gasteiger partial charge in [0.05, 0.1) is 11.3 Å². The van der Waals surface area contributed by atoms with Crippen LogP contribution in [0.25, 0.3) is 22.4 Å². The number of hydrogen-bond acceptors (Lipinski definition) is 2. The van der Waals surface area contributed by atoms with Gasteiger partial charge in [-0.1, -0.05) is 32.9 Å². The first-order chi connectivity index (χ1) is 13.3. The molecule has 0 aliphatic carbocycles. The highest BCUT2D eigenvalue weighted by molar-refractivity contribution is 6.07. The monoisotopic (exact) mass is 377 g/mol. The van der Waals surface area contributed by atoms with Gasteiger partial charge in [0.1, 0.15) is 5.82 Å². The molecule has 1 aromatic carbocycles. The molecule has 0 unspecified atom stereocenters. The van der Waals surface area contributed by atoms with E-state index in [1.165, 1.54) is 12.1 Å². The Bertz CT molecular complexity index is 1010. The van der Waals surface area contributed by atoms with Gasteiger partial charge in [0.2, 0.25) is 0 Å². The van der Waals surface area contributed by atoms with Crippen LogP contribution in [0.3, 0.4) is 0 Å². The summed E-state index contributed by atoms with van der Waals surface area (Å²) >= 11 is 0. The van der Waals surface area contributed by atoms with E-state index in [0.29, 0.717) is 12.1 Å². The van der Waals surface area contributed by atoms with Crippen LogP contribution in [0.1, 0.15) is 36.8 Å². The van der Waals surface area contributed by atoms with E-state index >= 15 is 0 Å². The van der Waals surface area contributed by atoms with Gasteiger partial charge in [-0.15, -0.1) is 0 Å². The Balaban J connectivity index is 2.08. The Hall–Kier alpha value is -2.95. The van der Waals surface area contributed by atoms with Gasteiger partial charge in [-0.3, -0.25) is 9.78 Å². The molecule has 5 heteroatoms. The minimum Gasteiger partial charge on any atom is -0.352 e. The van der Waals surface area contributed by atoms with Crippen molar-refractivity contribution < 1.29 is 9.18 Å². The van der Waals surface area contributed by atoms with Crippen LogP contribution >= 0.6 is 0 Å². The van der Waals surface area contributed by atoms with E-state index in [2.05, 4.69) is 35.6 Å². The van der Waals surface area contributed by atoms with Crippen molar-refractivity contribution in [3.05, 3.63) is 65.9 Å². The van der Waals surface area contributed by atoms with Crippen LogP contribution in [0.2, 0.25) is 0 Å². The molecule has 1 amide bonds. The third-order valence-electron chi connectivity index (χ3n) is 4.96. The van der Waals surface area contributed by atoms with Crippen molar-refractivity contribution in [1.82, 2.24) is 14.9 Å².